The standard InChI is InChI=1S/C16H23NO5S/c1-3-4-9-21-16(19)22-15(18)14(17)11-23-10-12-5-7-13(20-2)8-6-12/h5-8,14H,3-4,9-11,17H2,1-2H3/t14-/m0/s1. The molecular formula is C16H23NO5S. The summed E-state index contributed by atoms with van der Waals surface area (Å²) in [4.78, 5) is 22.9. The van der Waals surface area contributed by atoms with Gasteiger partial charge in [0, 0.05) is 11.5 Å². The Balaban J connectivity index is 2.25. The first kappa shape index (κ1) is 19.3. The lowest BCUT2D eigenvalue weighted by Gasteiger charge is -2.10. The molecule has 0 heterocycles. The van der Waals surface area contributed by atoms with Crippen LogP contribution in [0.1, 0.15) is 25.3 Å². The highest BCUT2D eigenvalue weighted by atomic mass is 32.2. The summed E-state index contributed by atoms with van der Waals surface area (Å²) in [7, 11) is 1.61. The van der Waals surface area contributed by atoms with Gasteiger partial charge in [-0.1, -0.05) is 25.5 Å². The third-order valence-electron chi connectivity index (χ3n) is 2.93. The zero-order valence-corrected chi connectivity index (χ0v) is 14.3. The Hall–Kier alpha value is -1.73. The predicted octanol–water partition coefficient (Wildman–Crippen LogP) is 2.74. The molecule has 0 unspecified atom stereocenters. The lowest BCUT2D eigenvalue weighted by Crippen LogP contribution is -2.36. The van der Waals surface area contributed by atoms with E-state index in [2.05, 4.69) is 4.74 Å². The molecule has 1 atom stereocenters. The lowest BCUT2D eigenvalue weighted by atomic mass is 10.2. The van der Waals surface area contributed by atoms with Gasteiger partial charge in [0.05, 0.1) is 13.7 Å². The second kappa shape index (κ2) is 10.9. The molecule has 0 aromatic heterocycles. The molecule has 23 heavy (non-hydrogen) atoms. The Bertz CT molecular complexity index is 492. The summed E-state index contributed by atoms with van der Waals surface area (Å²) < 4.78 is 14.4. The van der Waals surface area contributed by atoms with E-state index in [0.29, 0.717) is 11.5 Å². The van der Waals surface area contributed by atoms with Crippen LogP contribution in [0.5, 0.6) is 5.75 Å². The fourth-order valence-electron chi connectivity index (χ4n) is 1.58. The first-order valence-corrected chi connectivity index (χ1v) is 8.57. The molecule has 0 aliphatic heterocycles. The van der Waals surface area contributed by atoms with E-state index in [9.17, 15) is 9.59 Å². The second-order valence-electron chi connectivity index (χ2n) is 4.84. The van der Waals surface area contributed by atoms with Crippen LogP contribution in [0.4, 0.5) is 4.79 Å². The van der Waals surface area contributed by atoms with Crippen LogP contribution in [-0.4, -0.2) is 37.6 Å². The summed E-state index contributed by atoms with van der Waals surface area (Å²) in [5.74, 6) is 1.08. The highest BCUT2D eigenvalue weighted by molar-refractivity contribution is 7.98. The summed E-state index contributed by atoms with van der Waals surface area (Å²) in [6, 6.07) is 6.77. The summed E-state index contributed by atoms with van der Waals surface area (Å²) >= 11 is 1.49. The Morgan fingerprint density at radius 2 is 1.96 bits per heavy atom. The van der Waals surface area contributed by atoms with Crippen molar-refractivity contribution in [2.24, 2.45) is 5.73 Å². The van der Waals surface area contributed by atoms with E-state index in [1.165, 1.54) is 11.8 Å². The summed E-state index contributed by atoms with van der Waals surface area (Å²) in [5, 5.41) is 0. The zero-order valence-electron chi connectivity index (χ0n) is 13.4. The van der Waals surface area contributed by atoms with E-state index in [1.807, 2.05) is 31.2 Å². The quantitative estimate of drug-likeness (QED) is 0.420. The van der Waals surface area contributed by atoms with Gasteiger partial charge in [0.1, 0.15) is 11.8 Å². The number of benzene rings is 1. The van der Waals surface area contributed by atoms with Crippen molar-refractivity contribution in [3.05, 3.63) is 29.8 Å². The number of methoxy groups -OCH3 is 1. The number of hydrogen-bond donors (Lipinski definition) is 1. The van der Waals surface area contributed by atoms with Gasteiger partial charge < -0.3 is 19.9 Å². The van der Waals surface area contributed by atoms with E-state index in [0.717, 1.165) is 24.2 Å². The Kier molecular flexibility index (Phi) is 9.16. The van der Waals surface area contributed by atoms with Gasteiger partial charge in [-0.05, 0) is 24.1 Å². The molecular weight excluding hydrogens is 318 g/mol. The van der Waals surface area contributed by atoms with Crippen LogP contribution >= 0.6 is 11.8 Å². The van der Waals surface area contributed by atoms with Crippen molar-refractivity contribution < 1.29 is 23.8 Å². The van der Waals surface area contributed by atoms with Gasteiger partial charge in [-0.15, -0.1) is 0 Å². The van der Waals surface area contributed by atoms with Crippen LogP contribution in [0.25, 0.3) is 0 Å². The topological polar surface area (TPSA) is 87.9 Å². The van der Waals surface area contributed by atoms with Gasteiger partial charge in [0.25, 0.3) is 0 Å². The third kappa shape index (κ3) is 7.90. The number of carbonyl (C=O) groups is 2. The molecule has 0 bridgehead atoms. The van der Waals surface area contributed by atoms with Gasteiger partial charge in [-0.2, -0.15) is 11.8 Å². The minimum atomic E-state index is -0.987. The molecule has 0 aliphatic rings. The molecule has 128 valence electrons. The van der Waals surface area contributed by atoms with Gasteiger partial charge in [-0.3, -0.25) is 0 Å². The molecule has 0 spiro atoms. The number of hydrogen-bond acceptors (Lipinski definition) is 7. The van der Waals surface area contributed by atoms with E-state index in [-0.39, 0.29) is 6.61 Å². The van der Waals surface area contributed by atoms with Crippen molar-refractivity contribution in [1.29, 1.82) is 0 Å². The molecule has 1 aromatic carbocycles. The fourth-order valence-corrected chi connectivity index (χ4v) is 2.52. The minimum Gasteiger partial charge on any atom is -0.497 e. The number of unbranched alkanes of at least 4 members (excludes halogenated alkanes) is 1. The maximum absolute atomic E-state index is 11.6. The van der Waals surface area contributed by atoms with Crippen molar-refractivity contribution in [3.63, 3.8) is 0 Å². The number of ether oxygens (including phenoxy) is 3. The Morgan fingerprint density at radius 3 is 2.57 bits per heavy atom. The third-order valence-corrected chi connectivity index (χ3v) is 4.06. The second-order valence-corrected chi connectivity index (χ2v) is 5.87. The average Bonchev–Trinajstić information content (AvgIpc) is 2.55. The predicted molar refractivity (Wildman–Crippen MR) is 89.5 cm³/mol. The van der Waals surface area contributed by atoms with E-state index in [1.54, 1.807) is 7.11 Å². The smallest absolute Gasteiger partial charge is 0.497 e. The highest BCUT2D eigenvalue weighted by Gasteiger charge is 2.19. The Morgan fingerprint density at radius 1 is 1.26 bits per heavy atom. The molecule has 2 N–H and O–H groups in total. The van der Waals surface area contributed by atoms with Crippen molar-refractivity contribution in [3.8, 4) is 5.75 Å². The fraction of sp³-hybridized carbons (Fsp3) is 0.500. The highest BCUT2D eigenvalue weighted by Crippen LogP contribution is 2.17. The van der Waals surface area contributed by atoms with Crippen molar-refractivity contribution in [2.45, 2.75) is 31.6 Å². The zero-order chi connectivity index (χ0) is 17.1. The number of thioether (sulfide) groups is 1. The largest absolute Gasteiger partial charge is 0.516 e. The molecule has 0 fully saturated rings. The van der Waals surface area contributed by atoms with Gasteiger partial charge in [-0.25, -0.2) is 9.59 Å². The SMILES string of the molecule is CCCCOC(=O)OC(=O)[C@@H](N)CSCc1ccc(OC)cc1. The van der Waals surface area contributed by atoms with Crippen LogP contribution < -0.4 is 10.5 Å². The maximum atomic E-state index is 11.6. The average molecular weight is 341 g/mol. The van der Waals surface area contributed by atoms with Crippen molar-refractivity contribution >= 4 is 23.9 Å². The van der Waals surface area contributed by atoms with Crippen LogP contribution in [-0.2, 0) is 20.0 Å². The van der Waals surface area contributed by atoms with Crippen molar-refractivity contribution in [1.82, 2.24) is 0 Å². The number of carbonyl (C=O) groups excluding carboxylic acids is 2. The molecule has 7 heteroatoms. The number of esters is 1. The van der Waals surface area contributed by atoms with Gasteiger partial charge in [0.15, 0.2) is 0 Å². The van der Waals surface area contributed by atoms with Crippen LogP contribution in [0, 0.1) is 0 Å². The molecule has 1 aromatic rings. The van der Waals surface area contributed by atoms with Crippen molar-refractivity contribution in [2.75, 3.05) is 19.5 Å². The molecule has 0 radical (unpaired) electrons. The summed E-state index contributed by atoms with van der Waals surface area (Å²) in [6.45, 7) is 2.21. The molecule has 0 aliphatic carbocycles. The lowest BCUT2D eigenvalue weighted by molar-refractivity contribution is -0.140. The van der Waals surface area contributed by atoms with Gasteiger partial charge >= 0.3 is 12.1 Å². The first-order chi connectivity index (χ1) is 11.1. The normalized spacial score (nSPS) is 11.6. The molecule has 0 saturated carbocycles. The van der Waals surface area contributed by atoms with Crippen LogP contribution in [0.3, 0.4) is 0 Å². The van der Waals surface area contributed by atoms with Crippen LogP contribution in [0.2, 0.25) is 0 Å². The molecule has 0 saturated heterocycles. The van der Waals surface area contributed by atoms with E-state index >= 15 is 0 Å². The molecule has 0 amide bonds. The number of nitrogens with two attached hydrogens (primary N) is 1. The number of rotatable bonds is 9. The van der Waals surface area contributed by atoms with Crippen LogP contribution in [0.15, 0.2) is 24.3 Å². The maximum Gasteiger partial charge on any atom is 0.516 e. The summed E-state index contributed by atoms with van der Waals surface area (Å²) in [5.41, 5.74) is 6.80. The van der Waals surface area contributed by atoms with E-state index in [4.69, 9.17) is 15.2 Å². The first-order valence-electron chi connectivity index (χ1n) is 7.41. The van der Waals surface area contributed by atoms with E-state index < -0.39 is 18.2 Å². The summed E-state index contributed by atoms with van der Waals surface area (Å²) in [6.07, 6.45) is 0.634. The minimum absolute atomic E-state index is 0.240. The molecule has 6 nitrogen and oxygen atoms in total. The molecule has 1 rings (SSSR count). The monoisotopic (exact) mass is 341 g/mol. The van der Waals surface area contributed by atoms with Gasteiger partial charge in [0.2, 0.25) is 0 Å². The Labute approximate surface area is 140 Å².